The van der Waals surface area contributed by atoms with E-state index in [4.69, 9.17) is 0 Å². The molecule has 1 amide bonds. The second-order valence-corrected chi connectivity index (χ2v) is 7.36. The van der Waals surface area contributed by atoms with Crippen molar-refractivity contribution in [2.75, 3.05) is 0 Å². The lowest BCUT2D eigenvalue weighted by Crippen LogP contribution is -2.39. The van der Waals surface area contributed by atoms with Gasteiger partial charge in [-0.3, -0.25) is 4.79 Å². The molecule has 32 heavy (non-hydrogen) atoms. The third-order valence-electron chi connectivity index (χ3n) is 4.92. The zero-order chi connectivity index (χ0) is 23.6. The molecular formula is C25H26F3NO3. The van der Waals surface area contributed by atoms with Gasteiger partial charge < -0.3 is 10.0 Å². The molecule has 2 aromatic rings. The molecule has 0 aliphatic carbocycles. The van der Waals surface area contributed by atoms with Gasteiger partial charge in [0.25, 0.3) is 0 Å². The third-order valence-corrected chi connectivity index (χ3v) is 4.92. The smallest absolute Gasteiger partial charge is 0.416 e. The molecule has 1 N–H and O–H groups in total. The van der Waals surface area contributed by atoms with Crippen molar-refractivity contribution in [2.45, 2.75) is 57.8 Å². The number of carbonyl (C=O) groups excluding carboxylic acids is 1. The molecule has 1 unspecified atom stereocenters. The Morgan fingerprint density at radius 3 is 2.19 bits per heavy atom. The van der Waals surface area contributed by atoms with E-state index < -0.39 is 29.7 Å². The number of carboxylic acids is 1. The second kappa shape index (κ2) is 11.9. The molecule has 0 fully saturated rings. The maximum atomic E-state index is 12.9. The largest absolute Gasteiger partial charge is 0.474 e. The van der Waals surface area contributed by atoms with Gasteiger partial charge in [-0.1, -0.05) is 49.4 Å². The molecule has 170 valence electrons. The minimum atomic E-state index is -4.47. The Bertz CT molecular complexity index is 944. The van der Waals surface area contributed by atoms with Crippen molar-refractivity contribution in [3.05, 3.63) is 71.3 Å². The maximum absolute atomic E-state index is 12.9. The predicted molar refractivity (Wildman–Crippen MR) is 115 cm³/mol. The first-order valence-corrected chi connectivity index (χ1v) is 10.4. The van der Waals surface area contributed by atoms with Crippen molar-refractivity contribution in [2.24, 2.45) is 0 Å². The summed E-state index contributed by atoms with van der Waals surface area (Å²) in [5, 5.41) is 9.38. The highest BCUT2D eigenvalue weighted by Gasteiger charge is 2.31. The van der Waals surface area contributed by atoms with Gasteiger partial charge in [0.15, 0.2) is 0 Å². The van der Waals surface area contributed by atoms with Crippen LogP contribution in [-0.2, 0) is 22.3 Å². The van der Waals surface area contributed by atoms with E-state index in [1.54, 1.807) is 12.1 Å². The number of alkyl halides is 3. The fraction of sp³-hybridized carbons (Fsp3) is 0.360. The molecule has 7 heteroatoms. The topological polar surface area (TPSA) is 57.6 Å². The van der Waals surface area contributed by atoms with Crippen molar-refractivity contribution in [3.63, 3.8) is 0 Å². The van der Waals surface area contributed by atoms with E-state index in [-0.39, 0.29) is 6.54 Å². The van der Waals surface area contributed by atoms with Crippen LogP contribution in [0, 0.1) is 11.8 Å². The highest BCUT2D eigenvalue weighted by atomic mass is 19.4. The molecule has 0 saturated carbocycles. The standard InChI is InChI=1S/C25H26F3NO3/c1-2-3-4-5-6-10-13-22(20-11-8-7-9-12-20)29(23(30)24(31)32)18-19-14-16-21(17-15-19)25(26,27)28/h7-9,11-12,14-17,22H,2-3,6,10,13,18H2,1H3,(H,31,32). The first kappa shape index (κ1) is 25.0. The van der Waals surface area contributed by atoms with Crippen LogP contribution in [0.25, 0.3) is 0 Å². The predicted octanol–water partition coefficient (Wildman–Crippen LogP) is 5.83. The monoisotopic (exact) mass is 445 g/mol. The van der Waals surface area contributed by atoms with E-state index in [0.717, 1.165) is 30.5 Å². The molecule has 0 saturated heterocycles. The van der Waals surface area contributed by atoms with Gasteiger partial charge in [0.2, 0.25) is 0 Å². The third kappa shape index (κ3) is 7.45. The van der Waals surface area contributed by atoms with Crippen molar-refractivity contribution in [1.29, 1.82) is 0 Å². The number of hydrogen-bond acceptors (Lipinski definition) is 2. The van der Waals surface area contributed by atoms with Crippen LogP contribution in [0.4, 0.5) is 13.2 Å². The van der Waals surface area contributed by atoms with E-state index >= 15 is 0 Å². The van der Waals surface area contributed by atoms with E-state index in [0.29, 0.717) is 24.8 Å². The highest BCUT2D eigenvalue weighted by molar-refractivity contribution is 6.31. The Morgan fingerprint density at radius 1 is 1.00 bits per heavy atom. The summed E-state index contributed by atoms with van der Waals surface area (Å²) in [6.45, 7) is 1.92. The van der Waals surface area contributed by atoms with Crippen LogP contribution in [0.2, 0.25) is 0 Å². The SMILES string of the molecule is CCCC#CCCCC(c1ccccc1)N(Cc1ccc(C(F)(F)F)cc1)C(=O)C(=O)O. The van der Waals surface area contributed by atoms with Gasteiger partial charge in [0, 0.05) is 19.4 Å². The number of hydrogen-bond donors (Lipinski definition) is 1. The van der Waals surface area contributed by atoms with Crippen LogP contribution in [0.15, 0.2) is 54.6 Å². The summed E-state index contributed by atoms with van der Waals surface area (Å²) in [6.07, 6.45) is -0.969. The first-order chi connectivity index (χ1) is 15.2. The lowest BCUT2D eigenvalue weighted by molar-refractivity contribution is -0.157. The van der Waals surface area contributed by atoms with Gasteiger partial charge >= 0.3 is 18.1 Å². The number of benzene rings is 2. The lowest BCUT2D eigenvalue weighted by atomic mass is 9.98. The number of halogens is 3. The number of unbranched alkanes of at least 4 members (excludes halogenated alkanes) is 2. The van der Waals surface area contributed by atoms with Crippen LogP contribution in [-0.4, -0.2) is 21.9 Å². The molecule has 2 rings (SSSR count). The first-order valence-electron chi connectivity index (χ1n) is 10.4. The van der Waals surface area contributed by atoms with Crippen LogP contribution >= 0.6 is 0 Å². The fourth-order valence-corrected chi connectivity index (χ4v) is 3.31. The minimum Gasteiger partial charge on any atom is -0.474 e. The summed E-state index contributed by atoms with van der Waals surface area (Å²) in [5.74, 6) is 3.43. The molecule has 0 aliphatic heterocycles. The molecule has 0 bridgehead atoms. The van der Waals surface area contributed by atoms with Crippen molar-refractivity contribution in [3.8, 4) is 11.8 Å². The van der Waals surface area contributed by atoms with E-state index in [1.807, 2.05) is 25.1 Å². The number of nitrogens with zero attached hydrogens (tertiary/aromatic N) is 1. The summed E-state index contributed by atoms with van der Waals surface area (Å²) >= 11 is 0. The van der Waals surface area contributed by atoms with Gasteiger partial charge in [-0.05, 0) is 42.5 Å². The van der Waals surface area contributed by atoms with Crippen molar-refractivity contribution < 1.29 is 27.9 Å². The molecule has 0 spiro atoms. The average Bonchev–Trinajstić information content (AvgIpc) is 2.77. The molecule has 0 radical (unpaired) electrons. The molecule has 0 aromatic heterocycles. The van der Waals surface area contributed by atoms with E-state index in [2.05, 4.69) is 11.8 Å². The van der Waals surface area contributed by atoms with Gasteiger partial charge in [-0.2, -0.15) is 13.2 Å². The summed E-state index contributed by atoms with van der Waals surface area (Å²) < 4.78 is 38.6. The molecule has 1 atom stereocenters. The summed E-state index contributed by atoms with van der Waals surface area (Å²) in [6, 6.07) is 12.9. The quantitative estimate of drug-likeness (QED) is 0.316. The maximum Gasteiger partial charge on any atom is 0.416 e. The lowest BCUT2D eigenvalue weighted by Gasteiger charge is -2.31. The van der Waals surface area contributed by atoms with Crippen molar-refractivity contribution >= 4 is 11.9 Å². The normalized spacial score (nSPS) is 11.9. The highest BCUT2D eigenvalue weighted by Crippen LogP contribution is 2.31. The van der Waals surface area contributed by atoms with E-state index in [1.165, 1.54) is 17.0 Å². The van der Waals surface area contributed by atoms with Gasteiger partial charge in [-0.25, -0.2) is 4.79 Å². The minimum absolute atomic E-state index is 0.121. The zero-order valence-corrected chi connectivity index (χ0v) is 17.9. The Hall–Kier alpha value is -3.27. The average molecular weight is 445 g/mol. The fourth-order valence-electron chi connectivity index (χ4n) is 3.31. The van der Waals surface area contributed by atoms with Crippen LogP contribution < -0.4 is 0 Å². The Labute approximate surface area is 186 Å². The summed E-state index contributed by atoms with van der Waals surface area (Å²) in [4.78, 5) is 25.3. The number of aliphatic carboxylic acids is 1. The van der Waals surface area contributed by atoms with Crippen LogP contribution in [0.5, 0.6) is 0 Å². The Morgan fingerprint density at radius 2 is 1.62 bits per heavy atom. The molecule has 4 nitrogen and oxygen atoms in total. The van der Waals surface area contributed by atoms with E-state index in [9.17, 15) is 27.9 Å². The van der Waals surface area contributed by atoms with Gasteiger partial charge in [0.1, 0.15) is 0 Å². The number of carbonyl (C=O) groups is 2. The second-order valence-electron chi connectivity index (χ2n) is 7.36. The molecule has 0 heterocycles. The van der Waals surface area contributed by atoms with Crippen molar-refractivity contribution in [1.82, 2.24) is 4.90 Å². The zero-order valence-electron chi connectivity index (χ0n) is 17.9. The van der Waals surface area contributed by atoms with Crippen LogP contribution in [0.1, 0.15) is 61.8 Å². The molecular weight excluding hydrogens is 419 g/mol. The molecule has 2 aromatic carbocycles. The van der Waals surface area contributed by atoms with Gasteiger partial charge in [0.05, 0.1) is 11.6 Å². The van der Waals surface area contributed by atoms with Crippen LogP contribution in [0.3, 0.4) is 0 Å². The summed E-state index contributed by atoms with van der Waals surface area (Å²) in [7, 11) is 0. The molecule has 0 aliphatic rings. The number of amides is 1. The summed E-state index contributed by atoms with van der Waals surface area (Å²) in [5.41, 5.74) is 0.370. The Kier molecular flexibility index (Phi) is 9.33. The Balaban J connectivity index is 2.30. The van der Waals surface area contributed by atoms with Gasteiger partial charge in [-0.15, -0.1) is 11.8 Å². The number of rotatable bonds is 8. The number of carboxylic acid groups (broad SMARTS) is 1.